The largest absolute Gasteiger partial charge is 0.504 e. The number of nitrogens with one attached hydrogen (secondary N) is 1. The number of phenols is 1. The molecule has 7 nitrogen and oxygen atoms in total. The Morgan fingerprint density at radius 1 is 1.07 bits per heavy atom. The number of methoxy groups -OCH3 is 2. The van der Waals surface area contributed by atoms with Crippen LogP contribution >= 0.6 is 12.2 Å². The quantitative estimate of drug-likeness (QED) is 0.478. The van der Waals surface area contributed by atoms with Crippen LogP contribution < -0.4 is 19.7 Å². The van der Waals surface area contributed by atoms with Crippen molar-refractivity contribution >= 4 is 40.9 Å². The number of para-hydroxylation sites is 2. The lowest BCUT2D eigenvalue weighted by Crippen LogP contribution is -2.54. The maximum Gasteiger partial charge on any atom is 0.270 e. The first-order valence-corrected chi connectivity index (χ1v) is 8.28. The lowest BCUT2D eigenvalue weighted by Gasteiger charge is -2.29. The number of carbonyl (C=O) groups is 2. The Bertz CT molecular complexity index is 970. The van der Waals surface area contributed by atoms with Crippen molar-refractivity contribution in [3.8, 4) is 17.2 Å². The van der Waals surface area contributed by atoms with Gasteiger partial charge in [-0.05, 0) is 48.1 Å². The second-order valence-electron chi connectivity index (χ2n) is 5.56. The highest BCUT2D eigenvalue weighted by Gasteiger charge is 2.35. The zero-order valence-corrected chi connectivity index (χ0v) is 15.4. The van der Waals surface area contributed by atoms with Crippen molar-refractivity contribution in [3.05, 3.63) is 53.6 Å². The van der Waals surface area contributed by atoms with Gasteiger partial charge in [0.1, 0.15) is 11.3 Å². The van der Waals surface area contributed by atoms with E-state index in [2.05, 4.69) is 5.32 Å². The van der Waals surface area contributed by atoms with Gasteiger partial charge in [-0.25, -0.2) is 4.90 Å². The van der Waals surface area contributed by atoms with Crippen LogP contribution in [0.1, 0.15) is 5.56 Å². The number of carbonyl (C=O) groups excluding carboxylic acids is 2. The highest BCUT2D eigenvalue weighted by molar-refractivity contribution is 7.80. The van der Waals surface area contributed by atoms with Gasteiger partial charge in [0.15, 0.2) is 16.6 Å². The summed E-state index contributed by atoms with van der Waals surface area (Å²) in [5, 5.41) is 12.2. The molecule has 0 atom stereocenters. The second-order valence-corrected chi connectivity index (χ2v) is 5.95. The topological polar surface area (TPSA) is 88.1 Å². The number of hydrogen-bond donors (Lipinski definition) is 2. The van der Waals surface area contributed by atoms with Crippen LogP contribution in [0.4, 0.5) is 5.69 Å². The molecular formula is C19H16N2O5S. The number of hydrogen-bond acceptors (Lipinski definition) is 6. The number of rotatable bonds is 4. The Morgan fingerprint density at radius 3 is 2.48 bits per heavy atom. The molecule has 138 valence electrons. The molecule has 0 unspecified atom stereocenters. The van der Waals surface area contributed by atoms with E-state index in [0.29, 0.717) is 17.0 Å². The first-order valence-electron chi connectivity index (χ1n) is 7.87. The number of amides is 2. The fourth-order valence-corrected chi connectivity index (χ4v) is 2.92. The molecule has 0 radical (unpaired) electrons. The van der Waals surface area contributed by atoms with E-state index in [1.54, 1.807) is 30.3 Å². The molecule has 1 aliphatic rings. The summed E-state index contributed by atoms with van der Waals surface area (Å²) in [5.74, 6) is -0.570. The van der Waals surface area contributed by atoms with Gasteiger partial charge in [0.2, 0.25) is 0 Å². The summed E-state index contributed by atoms with van der Waals surface area (Å²) >= 11 is 5.18. The van der Waals surface area contributed by atoms with Gasteiger partial charge in [-0.1, -0.05) is 18.2 Å². The Hall–Kier alpha value is -3.39. The lowest BCUT2D eigenvalue weighted by atomic mass is 10.1. The minimum Gasteiger partial charge on any atom is -0.504 e. The van der Waals surface area contributed by atoms with Gasteiger partial charge in [-0.2, -0.15) is 0 Å². The normalized spacial score (nSPS) is 15.7. The molecule has 1 saturated heterocycles. The molecule has 1 fully saturated rings. The molecule has 27 heavy (non-hydrogen) atoms. The molecule has 3 rings (SSSR count). The minimum absolute atomic E-state index is 0.0325. The number of anilines is 1. The van der Waals surface area contributed by atoms with Crippen LogP contribution in [0.3, 0.4) is 0 Å². The lowest BCUT2D eigenvalue weighted by molar-refractivity contribution is -0.122. The first-order chi connectivity index (χ1) is 13.0. The molecule has 2 aromatic rings. The van der Waals surface area contributed by atoms with E-state index >= 15 is 0 Å². The van der Waals surface area contributed by atoms with Crippen molar-refractivity contribution < 1.29 is 24.2 Å². The van der Waals surface area contributed by atoms with Crippen LogP contribution in [0.25, 0.3) is 6.08 Å². The third-order valence-electron chi connectivity index (χ3n) is 3.94. The number of nitrogens with zero attached hydrogens (tertiary/aromatic N) is 1. The van der Waals surface area contributed by atoms with E-state index in [1.165, 1.54) is 37.3 Å². The molecule has 2 N–H and O–H groups in total. The molecule has 0 saturated carbocycles. The van der Waals surface area contributed by atoms with Crippen LogP contribution in [0.2, 0.25) is 0 Å². The number of ether oxygens (including phenoxy) is 2. The van der Waals surface area contributed by atoms with E-state index in [-0.39, 0.29) is 22.2 Å². The van der Waals surface area contributed by atoms with Gasteiger partial charge in [-0.3, -0.25) is 14.9 Å². The summed E-state index contributed by atoms with van der Waals surface area (Å²) in [4.78, 5) is 26.6. The zero-order chi connectivity index (χ0) is 19.6. The molecule has 1 heterocycles. The number of benzene rings is 2. The Labute approximate surface area is 160 Å². The molecule has 8 heteroatoms. The van der Waals surface area contributed by atoms with Gasteiger partial charge in [0, 0.05) is 0 Å². The van der Waals surface area contributed by atoms with E-state index < -0.39 is 11.8 Å². The van der Waals surface area contributed by atoms with Crippen LogP contribution in [0.5, 0.6) is 17.2 Å². The molecule has 2 aromatic carbocycles. The fraction of sp³-hybridized carbons (Fsp3) is 0.105. The predicted octanol–water partition coefficient (Wildman–Crippen LogP) is 2.24. The van der Waals surface area contributed by atoms with Crippen LogP contribution in [-0.2, 0) is 9.59 Å². The van der Waals surface area contributed by atoms with Crippen molar-refractivity contribution in [2.24, 2.45) is 0 Å². The first kappa shape index (κ1) is 18.4. The third-order valence-corrected chi connectivity index (χ3v) is 4.23. The summed E-state index contributed by atoms with van der Waals surface area (Å²) in [6.07, 6.45) is 1.41. The van der Waals surface area contributed by atoms with E-state index in [4.69, 9.17) is 21.7 Å². The van der Waals surface area contributed by atoms with E-state index in [0.717, 1.165) is 0 Å². The highest BCUT2D eigenvalue weighted by Crippen LogP contribution is 2.32. The fourth-order valence-electron chi connectivity index (χ4n) is 2.64. The predicted molar refractivity (Wildman–Crippen MR) is 104 cm³/mol. The average molecular weight is 384 g/mol. The van der Waals surface area contributed by atoms with Crippen LogP contribution in [0.15, 0.2) is 48.0 Å². The van der Waals surface area contributed by atoms with E-state index in [9.17, 15) is 14.7 Å². The summed E-state index contributed by atoms with van der Waals surface area (Å²) in [6, 6.07) is 11.3. The van der Waals surface area contributed by atoms with Crippen LogP contribution in [-0.4, -0.2) is 36.3 Å². The molecule has 0 aromatic heterocycles. The molecule has 0 bridgehead atoms. The number of phenolic OH excluding ortho intramolecular Hbond substituents is 1. The molecule has 0 aliphatic carbocycles. The van der Waals surface area contributed by atoms with Gasteiger partial charge in [-0.15, -0.1) is 0 Å². The standard InChI is InChI=1S/C19H16N2O5S/c1-25-15-6-4-3-5-13(15)21-18(24)12(17(23)20-19(21)27)9-11-7-8-14(22)16(10-11)26-2/h3-10,22H,1-2H3,(H,20,23,27)/b12-9+. The number of thiocarbonyl (C=S) groups is 1. The average Bonchev–Trinajstić information content (AvgIpc) is 2.66. The van der Waals surface area contributed by atoms with Crippen molar-refractivity contribution in [1.29, 1.82) is 0 Å². The summed E-state index contributed by atoms with van der Waals surface area (Å²) in [6.45, 7) is 0. The van der Waals surface area contributed by atoms with Gasteiger partial charge in [0.25, 0.3) is 11.8 Å². The van der Waals surface area contributed by atoms with Crippen molar-refractivity contribution in [2.45, 2.75) is 0 Å². The zero-order valence-electron chi connectivity index (χ0n) is 14.6. The Kier molecular flexibility index (Phi) is 5.09. The Morgan fingerprint density at radius 2 is 1.78 bits per heavy atom. The van der Waals surface area contributed by atoms with Gasteiger partial charge < -0.3 is 14.6 Å². The second kappa shape index (κ2) is 7.46. The maximum absolute atomic E-state index is 13.0. The Balaban J connectivity index is 2.05. The summed E-state index contributed by atoms with van der Waals surface area (Å²) < 4.78 is 10.3. The third kappa shape index (κ3) is 3.47. The van der Waals surface area contributed by atoms with Crippen LogP contribution in [0, 0.1) is 0 Å². The molecule has 0 spiro atoms. The van der Waals surface area contributed by atoms with Crippen molar-refractivity contribution in [1.82, 2.24) is 5.32 Å². The van der Waals surface area contributed by atoms with Crippen molar-refractivity contribution in [2.75, 3.05) is 19.1 Å². The monoisotopic (exact) mass is 384 g/mol. The maximum atomic E-state index is 13.0. The van der Waals surface area contributed by atoms with Gasteiger partial charge in [0.05, 0.1) is 19.9 Å². The number of aromatic hydroxyl groups is 1. The summed E-state index contributed by atoms with van der Waals surface area (Å²) in [5.41, 5.74) is 0.822. The smallest absolute Gasteiger partial charge is 0.270 e. The summed E-state index contributed by atoms with van der Waals surface area (Å²) in [7, 11) is 2.89. The minimum atomic E-state index is -0.608. The molecular weight excluding hydrogens is 368 g/mol. The van der Waals surface area contributed by atoms with Crippen molar-refractivity contribution in [3.63, 3.8) is 0 Å². The SMILES string of the molecule is COc1cc(/C=C2\C(=O)NC(=S)N(c3ccccc3OC)C2=O)ccc1O. The molecule has 2 amide bonds. The van der Waals surface area contributed by atoms with Gasteiger partial charge >= 0.3 is 0 Å². The van der Waals surface area contributed by atoms with E-state index in [1.807, 2.05) is 0 Å². The molecule has 1 aliphatic heterocycles. The highest BCUT2D eigenvalue weighted by atomic mass is 32.1.